The van der Waals surface area contributed by atoms with E-state index in [-0.39, 0.29) is 35.9 Å². The minimum atomic E-state index is -1.28. The van der Waals surface area contributed by atoms with E-state index in [9.17, 15) is 14.3 Å². The largest absolute Gasteiger partial charge is 0.385 e. The van der Waals surface area contributed by atoms with Crippen LogP contribution in [0.15, 0.2) is 28.9 Å². The Labute approximate surface area is 143 Å². The molecule has 1 fully saturated rings. The Bertz CT molecular complexity index is 729. The summed E-state index contributed by atoms with van der Waals surface area (Å²) in [6, 6.07) is 4.71. The molecule has 24 heavy (non-hydrogen) atoms. The van der Waals surface area contributed by atoms with Crippen LogP contribution in [0.5, 0.6) is 0 Å². The number of hydrogen-bond donors (Lipinski definition) is 1. The first-order valence-electron chi connectivity index (χ1n) is 7.70. The van der Waals surface area contributed by atoms with Crippen molar-refractivity contribution in [2.75, 3.05) is 13.1 Å². The van der Waals surface area contributed by atoms with Crippen molar-refractivity contribution in [3.05, 3.63) is 46.8 Å². The molecule has 6 nitrogen and oxygen atoms in total. The van der Waals surface area contributed by atoms with Crippen LogP contribution in [0.4, 0.5) is 4.39 Å². The van der Waals surface area contributed by atoms with Crippen LogP contribution in [0.3, 0.4) is 0 Å². The number of aliphatic hydroxyl groups is 1. The second kappa shape index (κ2) is 6.86. The molecule has 0 aromatic carbocycles. The van der Waals surface area contributed by atoms with Gasteiger partial charge in [-0.2, -0.15) is 4.39 Å². The fraction of sp³-hybridized carbons (Fsp3) is 0.438. The van der Waals surface area contributed by atoms with Crippen LogP contribution in [0, 0.1) is 5.95 Å². The first-order chi connectivity index (χ1) is 11.5. The van der Waals surface area contributed by atoms with E-state index >= 15 is 0 Å². The summed E-state index contributed by atoms with van der Waals surface area (Å²) in [7, 11) is 0. The van der Waals surface area contributed by atoms with Gasteiger partial charge < -0.3 is 14.5 Å². The number of aryl methyl sites for hydroxylation is 1. The number of likely N-dealkylation sites (tertiary alicyclic amines) is 1. The zero-order valence-corrected chi connectivity index (χ0v) is 13.7. The quantitative estimate of drug-likeness (QED) is 0.853. The Kier molecular flexibility index (Phi) is 4.82. The van der Waals surface area contributed by atoms with Crippen molar-refractivity contribution in [1.29, 1.82) is 0 Å². The number of aromatic nitrogens is 2. The van der Waals surface area contributed by atoms with Gasteiger partial charge in [-0.1, -0.05) is 22.8 Å². The molecule has 0 spiro atoms. The third-order valence-electron chi connectivity index (χ3n) is 4.32. The molecular weight excluding hydrogens is 337 g/mol. The van der Waals surface area contributed by atoms with Gasteiger partial charge in [-0.3, -0.25) is 4.79 Å². The van der Waals surface area contributed by atoms with Gasteiger partial charge in [0.05, 0.1) is 5.60 Å². The standard InChI is InChI=1S/C16H17ClFN3O3/c17-13-10-11(24-20-13)3-4-14(22)21-8-5-16(23,6-9-21)12-2-1-7-19-15(12)18/h1-2,7,10,23H,3-6,8-9H2. The monoisotopic (exact) mass is 353 g/mol. The van der Waals surface area contributed by atoms with E-state index in [2.05, 4.69) is 10.1 Å². The van der Waals surface area contributed by atoms with Crippen molar-refractivity contribution < 1.29 is 18.8 Å². The Hall–Kier alpha value is -1.99. The number of halogens is 2. The molecule has 0 aliphatic carbocycles. The van der Waals surface area contributed by atoms with Crippen molar-refractivity contribution in [2.24, 2.45) is 0 Å². The highest BCUT2D eigenvalue weighted by molar-refractivity contribution is 6.29. The molecule has 0 atom stereocenters. The number of rotatable bonds is 4. The molecule has 2 aromatic heterocycles. The molecule has 128 valence electrons. The zero-order valence-electron chi connectivity index (χ0n) is 12.9. The van der Waals surface area contributed by atoms with Crippen LogP contribution < -0.4 is 0 Å². The highest BCUT2D eigenvalue weighted by Gasteiger charge is 2.37. The molecule has 3 heterocycles. The lowest BCUT2D eigenvalue weighted by Gasteiger charge is -2.38. The van der Waals surface area contributed by atoms with Crippen LogP contribution in [0.2, 0.25) is 5.15 Å². The molecule has 1 aliphatic heterocycles. The molecule has 1 aliphatic rings. The Morgan fingerprint density at radius 3 is 2.83 bits per heavy atom. The Balaban J connectivity index is 1.56. The number of pyridine rings is 1. The lowest BCUT2D eigenvalue weighted by atomic mass is 9.85. The van der Waals surface area contributed by atoms with E-state index in [0.717, 1.165) is 0 Å². The molecule has 1 saturated heterocycles. The van der Waals surface area contributed by atoms with E-state index < -0.39 is 11.5 Å². The van der Waals surface area contributed by atoms with Crippen LogP contribution in [-0.4, -0.2) is 39.1 Å². The van der Waals surface area contributed by atoms with E-state index in [0.29, 0.717) is 25.3 Å². The summed E-state index contributed by atoms with van der Waals surface area (Å²) in [5, 5.41) is 14.5. The Morgan fingerprint density at radius 1 is 1.46 bits per heavy atom. The smallest absolute Gasteiger partial charge is 0.223 e. The van der Waals surface area contributed by atoms with Crippen molar-refractivity contribution in [2.45, 2.75) is 31.3 Å². The highest BCUT2D eigenvalue weighted by atomic mass is 35.5. The molecule has 0 bridgehead atoms. The number of carbonyl (C=O) groups excluding carboxylic acids is 1. The maximum atomic E-state index is 13.8. The molecule has 1 amide bonds. The summed E-state index contributed by atoms with van der Waals surface area (Å²) in [4.78, 5) is 17.5. The Morgan fingerprint density at radius 2 is 2.21 bits per heavy atom. The summed E-state index contributed by atoms with van der Waals surface area (Å²) in [5.41, 5.74) is -1.10. The molecule has 1 N–H and O–H groups in total. The number of nitrogens with zero attached hydrogens (tertiary/aromatic N) is 3. The fourth-order valence-electron chi connectivity index (χ4n) is 2.92. The lowest BCUT2D eigenvalue weighted by Crippen LogP contribution is -2.45. The summed E-state index contributed by atoms with van der Waals surface area (Å²) >= 11 is 5.66. The van der Waals surface area contributed by atoms with Crippen LogP contribution in [-0.2, 0) is 16.8 Å². The molecule has 3 rings (SSSR count). The fourth-order valence-corrected chi connectivity index (χ4v) is 3.08. The number of piperidine rings is 1. The van der Waals surface area contributed by atoms with E-state index in [4.69, 9.17) is 16.1 Å². The SMILES string of the molecule is O=C(CCc1cc(Cl)no1)N1CCC(O)(c2cccnc2F)CC1. The van der Waals surface area contributed by atoms with Gasteiger partial charge in [-0.05, 0) is 18.9 Å². The predicted molar refractivity (Wildman–Crippen MR) is 83.7 cm³/mol. The van der Waals surface area contributed by atoms with E-state index in [1.54, 1.807) is 17.0 Å². The topological polar surface area (TPSA) is 79.5 Å². The van der Waals surface area contributed by atoms with Crippen molar-refractivity contribution in [1.82, 2.24) is 15.0 Å². The average molecular weight is 354 g/mol. The second-order valence-corrected chi connectivity index (χ2v) is 6.26. The normalized spacial score (nSPS) is 17.0. The molecule has 0 saturated carbocycles. The second-order valence-electron chi connectivity index (χ2n) is 5.87. The number of amides is 1. The minimum Gasteiger partial charge on any atom is -0.385 e. The molecule has 2 aromatic rings. The highest BCUT2D eigenvalue weighted by Crippen LogP contribution is 2.33. The van der Waals surface area contributed by atoms with Gasteiger partial charge in [0.1, 0.15) is 5.76 Å². The van der Waals surface area contributed by atoms with Gasteiger partial charge in [0.25, 0.3) is 0 Å². The molecule has 0 unspecified atom stereocenters. The van der Waals surface area contributed by atoms with Crippen LogP contribution >= 0.6 is 11.6 Å². The third-order valence-corrected chi connectivity index (χ3v) is 4.50. The number of hydrogen-bond acceptors (Lipinski definition) is 5. The first-order valence-corrected chi connectivity index (χ1v) is 8.08. The van der Waals surface area contributed by atoms with Crippen molar-refractivity contribution in [3.63, 3.8) is 0 Å². The van der Waals surface area contributed by atoms with E-state index in [1.165, 1.54) is 12.3 Å². The van der Waals surface area contributed by atoms with Gasteiger partial charge in [0.2, 0.25) is 11.9 Å². The summed E-state index contributed by atoms with van der Waals surface area (Å²) < 4.78 is 18.8. The minimum absolute atomic E-state index is 0.0452. The zero-order chi connectivity index (χ0) is 17.2. The van der Waals surface area contributed by atoms with Crippen molar-refractivity contribution >= 4 is 17.5 Å². The van der Waals surface area contributed by atoms with Gasteiger partial charge >= 0.3 is 0 Å². The first kappa shape index (κ1) is 16.9. The van der Waals surface area contributed by atoms with Gasteiger partial charge in [0.15, 0.2) is 5.15 Å². The summed E-state index contributed by atoms with van der Waals surface area (Å²) in [6.07, 6.45) is 2.57. The third kappa shape index (κ3) is 3.57. The maximum absolute atomic E-state index is 13.8. The van der Waals surface area contributed by atoms with Gasteiger partial charge in [-0.15, -0.1) is 0 Å². The van der Waals surface area contributed by atoms with Crippen molar-refractivity contribution in [3.8, 4) is 0 Å². The van der Waals surface area contributed by atoms with Crippen LogP contribution in [0.1, 0.15) is 30.6 Å². The maximum Gasteiger partial charge on any atom is 0.223 e. The van der Waals surface area contributed by atoms with Gasteiger partial charge in [-0.25, -0.2) is 4.98 Å². The molecule has 8 heteroatoms. The molecular formula is C16H17ClFN3O3. The average Bonchev–Trinajstić information content (AvgIpc) is 2.99. The lowest BCUT2D eigenvalue weighted by molar-refractivity contribution is -0.135. The van der Waals surface area contributed by atoms with E-state index in [1.807, 2.05) is 0 Å². The number of carbonyl (C=O) groups is 1. The summed E-state index contributed by atoms with van der Waals surface area (Å²) in [5.74, 6) is -0.155. The van der Waals surface area contributed by atoms with Gasteiger partial charge in [0, 0.05) is 43.8 Å². The predicted octanol–water partition coefficient (Wildman–Crippen LogP) is 2.30. The molecule has 0 radical (unpaired) electrons. The van der Waals surface area contributed by atoms with Crippen LogP contribution in [0.25, 0.3) is 0 Å². The summed E-state index contributed by atoms with van der Waals surface area (Å²) in [6.45, 7) is 0.724.